The van der Waals surface area contributed by atoms with Crippen molar-refractivity contribution in [3.63, 3.8) is 0 Å². The Hall–Kier alpha value is -1.81. The molecule has 4 heteroatoms. The first kappa shape index (κ1) is 14.1. The van der Waals surface area contributed by atoms with E-state index in [0.717, 1.165) is 17.7 Å². The van der Waals surface area contributed by atoms with Crippen LogP contribution in [0.2, 0.25) is 0 Å². The first-order valence-corrected chi connectivity index (χ1v) is 8.18. The number of hydrogen-bond acceptors (Lipinski definition) is 3. The number of anilines is 1. The molecule has 2 aromatic rings. The van der Waals surface area contributed by atoms with Crippen LogP contribution >= 0.6 is 11.3 Å². The zero-order valence-corrected chi connectivity index (χ0v) is 13.2. The van der Waals surface area contributed by atoms with Crippen LogP contribution in [-0.2, 0) is 6.42 Å². The lowest BCUT2D eigenvalue weighted by Gasteiger charge is -2.26. The van der Waals surface area contributed by atoms with Crippen molar-refractivity contribution in [2.45, 2.75) is 25.3 Å². The summed E-state index contributed by atoms with van der Waals surface area (Å²) >= 11 is 1.84. The monoisotopic (exact) mass is 300 g/mol. The molecule has 0 radical (unpaired) electrons. The molecule has 0 bridgehead atoms. The minimum Gasteiger partial charge on any atom is -0.378 e. The number of fused-ring (bicyclic) bond motifs is 1. The van der Waals surface area contributed by atoms with E-state index >= 15 is 0 Å². The van der Waals surface area contributed by atoms with Crippen LogP contribution in [0.4, 0.5) is 5.69 Å². The number of aryl methyl sites for hydroxylation is 1. The van der Waals surface area contributed by atoms with Crippen LogP contribution in [0, 0.1) is 0 Å². The first-order valence-electron chi connectivity index (χ1n) is 7.30. The average Bonchev–Trinajstić information content (AvgIpc) is 2.96. The van der Waals surface area contributed by atoms with E-state index in [1.807, 2.05) is 35.6 Å². The minimum absolute atomic E-state index is 0.0412. The molecule has 3 nitrogen and oxygen atoms in total. The van der Waals surface area contributed by atoms with E-state index in [9.17, 15) is 4.79 Å². The van der Waals surface area contributed by atoms with Gasteiger partial charge in [0.25, 0.3) is 5.91 Å². The molecule has 1 aliphatic carbocycles. The zero-order chi connectivity index (χ0) is 14.8. The lowest BCUT2D eigenvalue weighted by molar-refractivity contribution is 0.0828. The minimum atomic E-state index is 0.0412. The summed E-state index contributed by atoms with van der Waals surface area (Å²) in [5.74, 6) is 0.0412. The van der Waals surface area contributed by atoms with Crippen molar-refractivity contribution in [1.29, 1.82) is 0 Å². The van der Waals surface area contributed by atoms with Crippen molar-refractivity contribution in [2.75, 3.05) is 19.4 Å². The van der Waals surface area contributed by atoms with E-state index in [1.165, 1.54) is 23.3 Å². The predicted octanol–water partition coefficient (Wildman–Crippen LogP) is 3.94. The molecular weight excluding hydrogens is 280 g/mol. The van der Waals surface area contributed by atoms with Gasteiger partial charge in [-0.05, 0) is 48.4 Å². The third-order valence-corrected chi connectivity index (χ3v) is 4.94. The van der Waals surface area contributed by atoms with Crippen LogP contribution in [0.15, 0.2) is 35.7 Å². The maximum absolute atomic E-state index is 12.3. The molecule has 1 aromatic heterocycles. The highest BCUT2D eigenvalue weighted by Gasteiger charge is 2.22. The quantitative estimate of drug-likeness (QED) is 0.931. The fraction of sp³-hybridized carbons (Fsp3) is 0.353. The maximum atomic E-state index is 12.3. The summed E-state index contributed by atoms with van der Waals surface area (Å²) in [4.78, 5) is 15.4. The van der Waals surface area contributed by atoms with E-state index < -0.39 is 0 Å². The second kappa shape index (κ2) is 5.90. The van der Waals surface area contributed by atoms with Gasteiger partial charge < -0.3 is 10.2 Å². The van der Waals surface area contributed by atoms with Crippen LogP contribution in [0.1, 0.15) is 39.7 Å². The zero-order valence-electron chi connectivity index (χ0n) is 12.4. The SMILES string of the molecule is CN(C)C(=O)c1ccccc1NC1CCCc2sccc21. The van der Waals surface area contributed by atoms with Crippen LogP contribution in [0.3, 0.4) is 0 Å². The molecular formula is C17H20N2OS. The highest BCUT2D eigenvalue weighted by molar-refractivity contribution is 7.10. The number of rotatable bonds is 3. The van der Waals surface area contributed by atoms with E-state index in [2.05, 4.69) is 16.8 Å². The Bertz CT molecular complexity index is 648. The van der Waals surface area contributed by atoms with Crippen molar-refractivity contribution in [3.8, 4) is 0 Å². The molecule has 0 saturated carbocycles. The maximum Gasteiger partial charge on any atom is 0.255 e. The molecule has 0 fully saturated rings. The number of amides is 1. The summed E-state index contributed by atoms with van der Waals surface area (Å²) in [6.45, 7) is 0. The summed E-state index contributed by atoms with van der Waals surface area (Å²) < 4.78 is 0. The van der Waals surface area contributed by atoms with Gasteiger partial charge in [-0.25, -0.2) is 0 Å². The summed E-state index contributed by atoms with van der Waals surface area (Å²) in [7, 11) is 3.58. The van der Waals surface area contributed by atoms with E-state index in [-0.39, 0.29) is 5.91 Å². The third-order valence-electron chi connectivity index (χ3n) is 3.95. The summed E-state index contributed by atoms with van der Waals surface area (Å²) in [6, 6.07) is 10.3. The van der Waals surface area contributed by atoms with E-state index in [0.29, 0.717) is 6.04 Å². The molecule has 1 N–H and O–H groups in total. The van der Waals surface area contributed by atoms with Gasteiger partial charge in [0.1, 0.15) is 0 Å². The summed E-state index contributed by atoms with van der Waals surface area (Å²) in [5, 5.41) is 5.75. The molecule has 0 saturated heterocycles. The lowest BCUT2D eigenvalue weighted by Crippen LogP contribution is -2.24. The number of nitrogens with one attached hydrogen (secondary N) is 1. The van der Waals surface area contributed by atoms with Gasteiger partial charge in [-0.3, -0.25) is 4.79 Å². The van der Waals surface area contributed by atoms with Gasteiger partial charge in [-0.1, -0.05) is 12.1 Å². The summed E-state index contributed by atoms with van der Waals surface area (Å²) in [6.07, 6.45) is 3.51. The van der Waals surface area contributed by atoms with E-state index in [4.69, 9.17) is 0 Å². The van der Waals surface area contributed by atoms with Gasteiger partial charge in [0.15, 0.2) is 0 Å². The molecule has 1 heterocycles. The van der Waals surface area contributed by atoms with Crippen molar-refractivity contribution in [1.82, 2.24) is 4.90 Å². The van der Waals surface area contributed by atoms with Crippen LogP contribution < -0.4 is 5.32 Å². The molecule has 0 aliphatic heterocycles. The Morgan fingerprint density at radius 1 is 1.29 bits per heavy atom. The highest BCUT2D eigenvalue weighted by atomic mass is 32.1. The number of carbonyl (C=O) groups is 1. The smallest absolute Gasteiger partial charge is 0.255 e. The number of nitrogens with zero attached hydrogens (tertiary/aromatic N) is 1. The molecule has 1 unspecified atom stereocenters. The standard InChI is InChI=1S/C17H20N2OS/c1-19(2)17(20)13-6-3-4-7-15(13)18-14-8-5-9-16-12(14)10-11-21-16/h3-4,6-7,10-11,14,18H,5,8-9H2,1-2H3. The number of thiophene rings is 1. The Morgan fingerprint density at radius 2 is 2.10 bits per heavy atom. The molecule has 1 amide bonds. The van der Waals surface area contributed by atoms with Gasteiger partial charge in [0.05, 0.1) is 11.6 Å². The Morgan fingerprint density at radius 3 is 2.90 bits per heavy atom. The molecule has 21 heavy (non-hydrogen) atoms. The van der Waals surface area contributed by atoms with Gasteiger partial charge in [-0.2, -0.15) is 0 Å². The molecule has 110 valence electrons. The number of carbonyl (C=O) groups excluding carboxylic acids is 1. The molecule has 1 aromatic carbocycles. The van der Waals surface area contributed by atoms with Gasteiger partial charge >= 0.3 is 0 Å². The Balaban J connectivity index is 1.89. The van der Waals surface area contributed by atoms with Gasteiger partial charge in [-0.15, -0.1) is 11.3 Å². The molecule has 1 atom stereocenters. The largest absolute Gasteiger partial charge is 0.378 e. The predicted molar refractivity (Wildman–Crippen MR) is 88.1 cm³/mol. The number of para-hydroxylation sites is 1. The second-order valence-corrected chi connectivity index (χ2v) is 6.63. The summed E-state index contributed by atoms with van der Waals surface area (Å²) in [5.41, 5.74) is 3.07. The topological polar surface area (TPSA) is 32.3 Å². The number of hydrogen-bond donors (Lipinski definition) is 1. The third kappa shape index (κ3) is 2.81. The normalized spacial score (nSPS) is 17.1. The molecule has 3 rings (SSSR count). The average molecular weight is 300 g/mol. The van der Waals surface area contributed by atoms with Crippen LogP contribution in [0.25, 0.3) is 0 Å². The van der Waals surface area contributed by atoms with Crippen molar-refractivity contribution < 1.29 is 4.79 Å². The first-order chi connectivity index (χ1) is 10.2. The van der Waals surface area contributed by atoms with Gasteiger partial charge in [0, 0.05) is 24.7 Å². The lowest BCUT2D eigenvalue weighted by atomic mass is 9.93. The molecule has 0 spiro atoms. The van der Waals surface area contributed by atoms with E-state index in [1.54, 1.807) is 19.0 Å². The fourth-order valence-electron chi connectivity index (χ4n) is 2.86. The second-order valence-electron chi connectivity index (χ2n) is 5.63. The van der Waals surface area contributed by atoms with Crippen LogP contribution in [0.5, 0.6) is 0 Å². The molecule has 1 aliphatic rings. The van der Waals surface area contributed by atoms with Crippen molar-refractivity contribution in [3.05, 3.63) is 51.7 Å². The van der Waals surface area contributed by atoms with Crippen LogP contribution in [-0.4, -0.2) is 24.9 Å². The van der Waals surface area contributed by atoms with Gasteiger partial charge in [0.2, 0.25) is 0 Å². The van der Waals surface area contributed by atoms with Crippen molar-refractivity contribution in [2.24, 2.45) is 0 Å². The fourth-order valence-corrected chi connectivity index (χ4v) is 3.85. The number of benzene rings is 1. The Kier molecular flexibility index (Phi) is 3.97. The van der Waals surface area contributed by atoms with Crippen molar-refractivity contribution >= 4 is 22.9 Å². The Labute approximate surface area is 129 Å². The highest BCUT2D eigenvalue weighted by Crippen LogP contribution is 2.36.